The Morgan fingerprint density at radius 2 is 1.75 bits per heavy atom. The number of nitrogens with zero attached hydrogens (tertiary/aromatic N) is 2. The minimum atomic E-state index is -0.275. The first-order valence-electron chi connectivity index (χ1n) is 8.50. The molecule has 2 aliphatic rings. The SMILES string of the molecule is NC(=O)C1CCN(C(=O)c2ccc(CN3CCCC3=O)cc2)CC1. The van der Waals surface area contributed by atoms with Gasteiger partial charge in [-0.2, -0.15) is 0 Å². The Balaban J connectivity index is 1.58. The Hall–Kier alpha value is -2.37. The molecular formula is C18H23N3O3. The quantitative estimate of drug-likeness (QED) is 0.899. The van der Waals surface area contributed by atoms with Crippen LogP contribution in [0.2, 0.25) is 0 Å². The fraction of sp³-hybridized carbons (Fsp3) is 0.500. The lowest BCUT2D eigenvalue weighted by Gasteiger charge is -2.30. The van der Waals surface area contributed by atoms with Crippen LogP contribution in [-0.2, 0) is 16.1 Å². The van der Waals surface area contributed by atoms with E-state index in [0.29, 0.717) is 44.5 Å². The van der Waals surface area contributed by atoms with Crippen molar-refractivity contribution in [1.29, 1.82) is 0 Å². The number of carbonyl (C=O) groups is 3. The number of piperidine rings is 1. The zero-order chi connectivity index (χ0) is 17.1. The number of hydrogen-bond donors (Lipinski definition) is 1. The van der Waals surface area contributed by atoms with Crippen LogP contribution in [0.4, 0.5) is 0 Å². The number of likely N-dealkylation sites (tertiary alicyclic amines) is 2. The topological polar surface area (TPSA) is 83.7 Å². The Labute approximate surface area is 141 Å². The average Bonchev–Trinajstić information content (AvgIpc) is 3.00. The Morgan fingerprint density at radius 3 is 2.29 bits per heavy atom. The van der Waals surface area contributed by atoms with E-state index < -0.39 is 0 Å². The van der Waals surface area contributed by atoms with Gasteiger partial charge in [0.25, 0.3) is 5.91 Å². The summed E-state index contributed by atoms with van der Waals surface area (Å²) in [4.78, 5) is 39.0. The highest BCUT2D eigenvalue weighted by molar-refractivity contribution is 5.94. The van der Waals surface area contributed by atoms with Crippen LogP contribution in [0.3, 0.4) is 0 Å². The summed E-state index contributed by atoms with van der Waals surface area (Å²) in [7, 11) is 0. The van der Waals surface area contributed by atoms with Crippen molar-refractivity contribution in [2.45, 2.75) is 32.2 Å². The van der Waals surface area contributed by atoms with Gasteiger partial charge in [-0.15, -0.1) is 0 Å². The van der Waals surface area contributed by atoms with Crippen molar-refractivity contribution in [2.75, 3.05) is 19.6 Å². The van der Waals surface area contributed by atoms with E-state index in [1.807, 2.05) is 29.2 Å². The maximum atomic E-state index is 12.5. The lowest BCUT2D eigenvalue weighted by atomic mass is 9.96. The highest BCUT2D eigenvalue weighted by Crippen LogP contribution is 2.20. The molecule has 6 heteroatoms. The second-order valence-corrected chi connectivity index (χ2v) is 6.58. The van der Waals surface area contributed by atoms with Crippen molar-refractivity contribution in [2.24, 2.45) is 11.7 Å². The first kappa shape index (κ1) is 16.5. The van der Waals surface area contributed by atoms with Gasteiger partial charge in [0, 0.05) is 44.1 Å². The second-order valence-electron chi connectivity index (χ2n) is 6.58. The van der Waals surface area contributed by atoms with E-state index in [1.165, 1.54) is 0 Å². The standard InChI is InChI=1S/C18H23N3O3/c19-17(23)14-7-10-20(11-8-14)18(24)15-5-3-13(4-6-15)12-21-9-1-2-16(21)22/h3-6,14H,1-2,7-12H2,(H2,19,23). The Morgan fingerprint density at radius 1 is 1.08 bits per heavy atom. The first-order chi connectivity index (χ1) is 11.5. The lowest BCUT2D eigenvalue weighted by molar-refractivity contribution is -0.128. The number of primary amides is 1. The van der Waals surface area contributed by atoms with Crippen LogP contribution in [0, 0.1) is 5.92 Å². The summed E-state index contributed by atoms with van der Waals surface area (Å²) in [5.74, 6) is -0.202. The molecule has 2 heterocycles. The van der Waals surface area contributed by atoms with E-state index in [2.05, 4.69) is 0 Å². The monoisotopic (exact) mass is 329 g/mol. The second kappa shape index (κ2) is 7.03. The summed E-state index contributed by atoms with van der Waals surface area (Å²) >= 11 is 0. The molecule has 2 saturated heterocycles. The molecule has 2 aliphatic heterocycles. The van der Waals surface area contributed by atoms with Crippen molar-refractivity contribution < 1.29 is 14.4 Å². The van der Waals surface area contributed by atoms with Crippen LogP contribution in [0.15, 0.2) is 24.3 Å². The normalized spacial score (nSPS) is 18.9. The maximum absolute atomic E-state index is 12.5. The van der Waals surface area contributed by atoms with Crippen LogP contribution >= 0.6 is 0 Å². The van der Waals surface area contributed by atoms with Gasteiger partial charge in [0.15, 0.2) is 0 Å². The zero-order valence-corrected chi connectivity index (χ0v) is 13.7. The van der Waals surface area contributed by atoms with Crippen molar-refractivity contribution in [3.8, 4) is 0 Å². The molecule has 0 spiro atoms. The van der Waals surface area contributed by atoms with Crippen LogP contribution in [-0.4, -0.2) is 47.2 Å². The highest BCUT2D eigenvalue weighted by atomic mass is 16.2. The summed E-state index contributed by atoms with van der Waals surface area (Å²) < 4.78 is 0. The van der Waals surface area contributed by atoms with Gasteiger partial charge in [-0.25, -0.2) is 0 Å². The van der Waals surface area contributed by atoms with Gasteiger partial charge in [-0.05, 0) is 37.0 Å². The molecule has 128 valence electrons. The molecule has 0 unspecified atom stereocenters. The van der Waals surface area contributed by atoms with Gasteiger partial charge < -0.3 is 15.5 Å². The highest BCUT2D eigenvalue weighted by Gasteiger charge is 2.26. The van der Waals surface area contributed by atoms with E-state index in [-0.39, 0.29) is 23.6 Å². The predicted octanol–water partition coefficient (Wildman–Crippen LogP) is 1.15. The van der Waals surface area contributed by atoms with Gasteiger partial charge in [0.1, 0.15) is 0 Å². The molecule has 0 atom stereocenters. The molecule has 0 radical (unpaired) electrons. The largest absolute Gasteiger partial charge is 0.369 e. The molecule has 0 saturated carbocycles. The Bertz CT molecular complexity index is 633. The summed E-state index contributed by atoms with van der Waals surface area (Å²) in [5, 5.41) is 0. The summed E-state index contributed by atoms with van der Waals surface area (Å²) in [6.45, 7) is 2.55. The fourth-order valence-electron chi connectivity index (χ4n) is 3.39. The van der Waals surface area contributed by atoms with Gasteiger partial charge in [-0.1, -0.05) is 12.1 Å². The van der Waals surface area contributed by atoms with Crippen LogP contribution in [0.25, 0.3) is 0 Å². The molecule has 0 bridgehead atoms. The van der Waals surface area contributed by atoms with Crippen molar-refractivity contribution in [1.82, 2.24) is 9.80 Å². The number of rotatable bonds is 4. The molecular weight excluding hydrogens is 306 g/mol. The number of carbonyl (C=O) groups excluding carboxylic acids is 3. The number of nitrogens with two attached hydrogens (primary N) is 1. The first-order valence-corrected chi connectivity index (χ1v) is 8.50. The smallest absolute Gasteiger partial charge is 0.253 e. The summed E-state index contributed by atoms with van der Waals surface area (Å²) in [6.07, 6.45) is 2.83. The van der Waals surface area contributed by atoms with E-state index in [0.717, 1.165) is 18.5 Å². The summed E-state index contributed by atoms with van der Waals surface area (Å²) in [5.41, 5.74) is 7.00. The van der Waals surface area contributed by atoms with Gasteiger partial charge in [0.05, 0.1) is 0 Å². The molecule has 1 aromatic carbocycles. The molecule has 3 amide bonds. The van der Waals surface area contributed by atoms with Crippen molar-refractivity contribution in [3.05, 3.63) is 35.4 Å². The molecule has 1 aromatic rings. The van der Waals surface area contributed by atoms with Gasteiger partial charge >= 0.3 is 0 Å². The molecule has 2 fully saturated rings. The van der Waals surface area contributed by atoms with Gasteiger partial charge in [0.2, 0.25) is 11.8 Å². The third-order valence-corrected chi connectivity index (χ3v) is 4.93. The van der Waals surface area contributed by atoms with Crippen LogP contribution in [0.5, 0.6) is 0 Å². The van der Waals surface area contributed by atoms with E-state index in [1.54, 1.807) is 4.90 Å². The maximum Gasteiger partial charge on any atom is 0.253 e. The number of amides is 3. The summed E-state index contributed by atoms with van der Waals surface area (Å²) in [6, 6.07) is 7.46. The van der Waals surface area contributed by atoms with Crippen LogP contribution < -0.4 is 5.73 Å². The number of hydrogen-bond acceptors (Lipinski definition) is 3. The minimum absolute atomic E-state index is 0.0123. The molecule has 3 rings (SSSR count). The van der Waals surface area contributed by atoms with Gasteiger partial charge in [-0.3, -0.25) is 14.4 Å². The molecule has 2 N–H and O–H groups in total. The Kier molecular flexibility index (Phi) is 4.83. The molecule has 0 aliphatic carbocycles. The van der Waals surface area contributed by atoms with Crippen molar-refractivity contribution >= 4 is 17.7 Å². The van der Waals surface area contributed by atoms with E-state index in [4.69, 9.17) is 5.73 Å². The fourth-order valence-corrected chi connectivity index (χ4v) is 3.39. The third kappa shape index (κ3) is 3.58. The van der Waals surface area contributed by atoms with E-state index in [9.17, 15) is 14.4 Å². The molecule has 0 aromatic heterocycles. The lowest BCUT2D eigenvalue weighted by Crippen LogP contribution is -2.41. The molecule has 24 heavy (non-hydrogen) atoms. The molecule has 6 nitrogen and oxygen atoms in total. The zero-order valence-electron chi connectivity index (χ0n) is 13.7. The van der Waals surface area contributed by atoms with E-state index >= 15 is 0 Å². The third-order valence-electron chi connectivity index (χ3n) is 4.93. The average molecular weight is 329 g/mol. The minimum Gasteiger partial charge on any atom is -0.369 e. The van der Waals surface area contributed by atoms with Crippen LogP contribution in [0.1, 0.15) is 41.6 Å². The predicted molar refractivity (Wildman–Crippen MR) is 88.9 cm³/mol. The van der Waals surface area contributed by atoms with Crippen molar-refractivity contribution in [3.63, 3.8) is 0 Å². The number of benzene rings is 1.